The average molecular weight is 281 g/mol. The van der Waals surface area contributed by atoms with Crippen LogP contribution in [-0.2, 0) is 17.9 Å². The van der Waals surface area contributed by atoms with E-state index in [1.807, 2.05) is 41.8 Å². The number of nitrogens with one attached hydrogen (secondary N) is 1. The second-order valence-corrected chi connectivity index (χ2v) is 4.79. The molecule has 6 heteroatoms. The molecule has 0 saturated carbocycles. The molecule has 1 N–H and O–H groups in total. The number of aryl methyl sites for hydroxylation is 1. The Balaban J connectivity index is 1.64. The lowest BCUT2D eigenvalue weighted by Crippen LogP contribution is -2.27. The summed E-state index contributed by atoms with van der Waals surface area (Å²) in [5, 5.41) is 2.85. The zero-order valence-electron chi connectivity index (χ0n) is 11.7. The Hall–Kier alpha value is -2.76. The van der Waals surface area contributed by atoms with Crippen LogP contribution in [0.2, 0.25) is 0 Å². The van der Waals surface area contributed by atoms with Gasteiger partial charge in [0.05, 0.1) is 29.6 Å². The standard InChI is InChI=1S/C15H15N5O/c1-11-6-12(18-9-17-11)7-16-15(21)8-20-10-19-13-4-2-3-5-14(13)20/h2-6,9-10H,7-8H2,1H3,(H,16,21). The third kappa shape index (κ3) is 3.05. The van der Waals surface area contributed by atoms with E-state index in [1.54, 1.807) is 6.33 Å². The van der Waals surface area contributed by atoms with Gasteiger partial charge < -0.3 is 9.88 Å². The normalized spacial score (nSPS) is 10.7. The topological polar surface area (TPSA) is 72.7 Å². The number of aromatic nitrogens is 4. The molecule has 0 fully saturated rings. The molecule has 2 aromatic heterocycles. The fourth-order valence-electron chi connectivity index (χ4n) is 2.14. The molecule has 1 aromatic carbocycles. The Morgan fingerprint density at radius 1 is 1.24 bits per heavy atom. The Morgan fingerprint density at radius 2 is 2.10 bits per heavy atom. The number of imidazole rings is 1. The molecule has 6 nitrogen and oxygen atoms in total. The lowest BCUT2D eigenvalue weighted by atomic mass is 10.3. The summed E-state index contributed by atoms with van der Waals surface area (Å²) >= 11 is 0. The summed E-state index contributed by atoms with van der Waals surface area (Å²) in [6.07, 6.45) is 3.18. The van der Waals surface area contributed by atoms with Crippen LogP contribution in [0, 0.1) is 6.92 Å². The van der Waals surface area contributed by atoms with Crippen LogP contribution in [0.25, 0.3) is 11.0 Å². The van der Waals surface area contributed by atoms with Gasteiger partial charge >= 0.3 is 0 Å². The zero-order chi connectivity index (χ0) is 14.7. The number of hydrogen-bond donors (Lipinski definition) is 1. The quantitative estimate of drug-likeness (QED) is 0.785. The van der Waals surface area contributed by atoms with Crippen LogP contribution in [0.15, 0.2) is 43.0 Å². The van der Waals surface area contributed by atoms with E-state index in [0.717, 1.165) is 22.4 Å². The largest absolute Gasteiger partial charge is 0.349 e. The van der Waals surface area contributed by atoms with E-state index in [2.05, 4.69) is 20.3 Å². The van der Waals surface area contributed by atoms with Crippen molar-refractivity contribution in [2.24, 2.45) is 0 Å². The number of para-hydroxylation sites is 2. The first-order valence-corrected chi connectivity index (χ1v) is 6.66. The van der Waals surface area contributed by atoms with Gasteiger partial charge in [0.25, 0.3) is 0 Å². The van der Waals surface area contributed by atoms with Crippen LogP contribution in [0.4, 0.5) is 0 Å². The van der Waals surface area contributed by atoms with Gasteiger partial charge in [-0.1, -0.05) is 12.1 Å². The van der Waals surface area contributed by atoms with Gasteiger partial charge in [0.1, 0.15) is 12.9 Å². The maximum absolute atomic E-state index is 12.0. The molecule has 0 aliphatic heterocycles. The van der Waals surface area contributed by atoms with Crippen molar-refractivity contribution in [3.05, 3.63) is 54.4 Å². The molecule has 3 aromatic rings. The third-order valence-electron chi connectivity index (χ3n) is 3.17. The van der Waals surface area contributed by atoms with Gasteiger partial charge in [-0.2, -0.15) is 0 Å². The molecule has 2 heterocycles. The molecule has 0 atom stereocenters. The molecule has 106 valence electrons. The highest BCUT2D eigenvalue weighted by Crippen LogP contribution is 2.11. The third-order valence-corrected chi connectivity index (χ3v) is 3.17. The SMILES string of the molecule is Cc1cc(CNC(=O)Cn2cnc3ccccc32)ncn1. The average Bonchev–Trinajstić information content (AvgIpc) is 2.89. The van der Waals surface area contributed by atoms with Gasteiger partial charge in [0.2, 0.25) is 5.91 Å². The van der Waals surface area contributed by atoms with Crippen molar-refractivity contribution in [1.82, 2.24) is 24.8 Å². The number of fused-ring (bicyclic) bond motifs is 1. The molecule has 0 unspecified atom stereocenters. The van der Waals surface area contributed by atoms with Gasteiger partial charge in [-0.3, -0.25) is 4.79 Å². The van der Waals surface area contributed by atoms with Gasteiger partial charge in [-0.05, 0) is 25.1 Å². The molecule has 0 bridgehead atoms. The highest BCUT2D eigenvalue weighted by molar-refractivity contribution is 5.80. The first kappa shape index (κ1) is 13.2. The highest BCUT2D eigenvalue weighted by atomic mass is 16.1. The monoisotopic (exact) mass is 281 g/mol. The first-order chi connectivity index (χ1) is 10.2. The number of rotatable bonds is 4. The summed E-state index contributed by atoms with van der Waals surface area (Å²) in [5.41, 5.74) is 3.52. The highest BCUT2D eigenvalue weighted by Gasteiger charge is 2.07. The van der Waals surface area contributed by atoms with E-state index >= 15 is 0 Å². The van der Waals surface area contributed by atoms with E-state index < -0.39 is 0 Å². The predicted octanol–water partition coefficient (Wildman–Crippen LogP) is 1.45. The maximum atomic E-state index is 12.0. The van der Waals surface area contributed by atoms with Crippen LogP contribution < -0.4 is 5.32 Å². The van der Waals surface area contributed by atoms with Gasteiger partial charge in [-0.15, -0.1) is 0 Å². The Labute approximate surface area is 121 Å². The van der Waals surface area contributed by atoms with E-state index in [0.29, 0.717) is 6.54 Å². The predicted molar refractivity (Wildman–Crippen MR) is 78.3 cm³/mol. The van der Waals surface area contributed by atoms with Crippen LogP contribution in [-0.4, -0.2) is 25.4 Å². The number of benzene rings is 1. The fourth-order valence-corrected chi connectivity index (χ4v) is 2.14. The van der Waals surface area contributed by atoms with Crippen molar-refractivity contribution < 1.29 is 4.79 Å². The molecule has 1 amide bonds. The molecule has 21 heavy (non-hydrogen) atoms. The molecule has 0 spiro atoms. The summed E-state index contributed by atoms with van der Waals surface area (Å²) in [5.74, 6) is -0.0746. The minimum atomic E-state index is -0.0746. The molecule has 3 rings (SSSR count). The number of carbonyl (C=O) groups is 1. The number of nitrogens with zero attached hydrogens (tertiary/aromatic N) is 4. The second kappa shape index (κ2) is 5.70. The van der Waals surface area contributed by atoms with Crippen LogP contribution in [0.3, 0.4) is 0 Å². The van der Waals surface area contributed by atoms with Crippen molar-refractivity contribution in [3.63, 3.8) is 0 Å². The van der Waals surface area contributed by atoms with E-state index in [4.69, 9.17) is 0 Å². The summed E-state index contributed by atoms with van der Waals surface area (Å²) in [6.45, 7) is 2.53. The zero-order valence-corrected chi connectivity index (χ0v) is 11.7. The van der Waals surface area contributed by atoms with Crippen LogP contribution in [0.1, 0.15) is 11.4 Å². The first-order valence-electron chi connectivity index (χ1n) is 6.66. The second-order valence-electron chi connectivity index (χ2n) is 4.79. The van der Waals surface area contributed by atoms with Crippen molar-refractivity contribution in [3.8, 4) is 0 Å². The molecule has 0 aliphatic carbocycles. The summed E-state index contributed by atoms with van der Waals surface area (Å²) in [7, 11) is 0. The van der Waals surface area contributed by atoms with Crippen LogP contribution in [0.5, 0.6) is 0 Å². The number of carbonyl (C=O) groups excluding carboxylic acids is 1. The fraction of sp³-hybridized carbons (Fsp3) is 0.200. The lowest BCUT2D eigenvalue weighted by Gasteiger charge is -2.06. The minimum Gasteiger partial charge on any atom is -0.349 e. The summed E-state index contributed by atoms with van der Waals surface area (Å²) in [4.78, 5) is 24.4. The Morgan fingerprint density at radius 3 is 2.95 bits per heavy atom. The maximum Gasteiger partial charge on any atom is 0.240 e. The Kier molecular flexibility index (Phi) is 3.59. The molecule has 0 aliphatic rings. The molecular weight excluding hydrogens is 266 g/mol. The molecular formula is C15H15N5O. The van der Waals surface area contributed by atoms with Gasteiger partial charge in [-0.25, -0.2) is 15.0 Å². The summed E-state index contributed by atoms with van der Waals surface area (Å²) < 4.78 is 1.83. The Bertz CT molecular complexity index is 780. The van der Waals surface area contributed by atoms with Crippen molar-refractivity contribution in [1.29, 1.82) is 0 Å². The minimum absolute atomic E-state index is 0.0746. The van der Waals surface area contributed by atoms with Crippen molar-refractivity contribution in [2.45, 2.75) is 20.0 Å². The molecule has 0 saturated heterocycles. The summed E-state index contributed by atoms with van der Waals surface area (Å²) in [6, 6.07) is 9.59. The van der Waals surface area contributed by atoms with E-state index in [-0.39, 0.29) is 12.5 Å². The van der Waals surface area contributed by atoms with Gasteiger partial charge in [0, 0.05) is 5.69 Å². The van der Waals surface area contributed by atoms with Crippen LogP contribution >= 0.6 is 0 Å². The van der Waals surface area contributed by atoms with Gasteiger partial charge in [0.15, 0.2) is 0 Å². The van der Waals surface area contributed by atoms with E-state index in [1.165, 1.54) is 6.33 Å². The molecule has 0 radical (unpaired) electrons. The van der Waals surface area contributed by atoms with Crippen molar-refractivity contribution >= 4 is 16.9 Å². The van der Waals surface area contributed by atoms with Crippen molar-refractivity contribution in [2.75, 3.05) is 0 Å². The van der Waals surface area contributed by atoms with E-state index in [9.17, 15) is 4.79 Å². The lowest BCUT2D eigenvalue weighted by molar-refractivity contribution is -0.121. The number of amides is 1. The number of hydrogen-bond acceptors (Lipinski definition) is 4. The smallest absolute Gasteiger partial charge is 0.240 e.